The lowest BCUT2D eigenvalue weighted by Gasteiger charge is -2.30. The molecule has 6 aromatic rings. The van der Waals surface area contributed by atoms with E-state index in [1.807, 2.05) is 66.2 Å². The number of benzene rings is 4. The van der Waals surface area contributed by atoms with Gasteiger partial charge in [-0.2, -0.15) is 0 Å². The summed E-state index contributed by atoms with van der Waals surface area (Å²) in [7, 11) is 4.33. The van der Waals surface area contributed by atoms with Gasteiger partial charge in [0.05, 0.1) is 48.7 Å². The van der Waals surface area contributed by atoms with Gasteiger partial charge in [-0.15, -0.1) is 0 Å². The van der Waals surface area contributed by atoms with Crippen LogP contribution < -0.4 is 15.4 Å². The highest BCUT2D eigenvalue weighted by molar-refractivity contribution is 6.07. The van der Waals surface area contributed by atoms with Gasteiger partial charge < -0.3 is 49.1 Å². The third-order valence-electron chi connectivity index (χ3n) is 13.1. The van der Waals surface area contributed by atoms with Crippen molar-refractivity contribution in [3.63, 3.8) is 0 Å². The Bertz CT molecular complexity index is 2720. The number of amides is 3. The zero-order chi connectivity index (χ0) is 45.5. The number of carbonyl (C=O) groups excluding carboxylic acids is 3. The van der Waals surface area contributed by atoms with E-state index in [1.165, 1.54) is 14.2 Å². The number of carbonyl (C=O) groups is 3. The third-order valence-corrected chi connectivity index (χ3v) is 13.1. The Kier molecular flexibility index (Phi) is 12.3. The predicted molar refractivity (Wildman–Crippen MR) is 243 cm³/mol. The number of hydrogen-bond donors (Lipinski definition) is 5. The lowest BCUT2D eigenvalue weighted by atomic mass is 9.92. The molecule has 0 bridgehead atoms. The number of imidazole rings is 2. The summed E-state index contributed by atoms with van der Waals surface area (Å²) in [5.41, 5.74) is 7.24. The van der Waals surface area contributed by atoms with Crippen LogP contribution in [-0.4, -0.2) is 106 Å². The maximum atomic E-state index is 14.2. The molecule has 5 heterocycles. The van der Waals surface area contributed by atoms with E-state index in [2.05, 4.69) is 63.9 Å². The molecular weight excluding hydrogens is 829 g/mol. The number of alkyl carbamates (subject to hydrolysis) is 1. The Hall–Kier alpha value is -6.33. The van der Waals surface area contributed by atoms with Gasteiger partial charge in [-0.1, -0.05) is 69.3 Å². The van der Waals surface area contributed by atoms with Crippen molar-refractivity contribution in [1.29, 1.82) is 0 Å². The molecule has 9 rings (SSSR count). The largest absolute Gasteiger partial charge is 0.488 e. The molecule has 7 atom stereocenters. The van der Waals surface area contributed by atoms with E-state index >= 15 is 0 Å². The normalized spacial score (nSPS) is 20.7. The fraction of sp³-hybridized carbons (Fsp3) is 0.408. The number of methoxy groups -OCH3 is 3. The molecule has 2 aromatic heterocycles. The molecule has 2 fully saturated rings. The Morgan fingerprint density at radius 1 is 0.908 bits per heavy atom. The predicted octanol–water partition coefficient (Wildman–Crippen LogP) is 6.74. The molecule has 0 spiro atoms. The van der Waals surface area contributed by atoms with E-state index in [-0.39, 0.29) is 41.7 Å². The van der Waals surface area contributed by atoms with Crippen molar-refractivity contribution in [3.8, 4) is 28.1 Å². The first kappa shape index (κ1) is 43.9. The van der Waals surface area contributed by atoms with Crippen molar-refractivity contribution in [2.45, 2.75) is 70.8 Å². The lowest BCUT2D eigenvalue weighted by Crippen LogP contribution is -2.51. The van der Waals surface area contributed by atoms with E-state index in [0.717, 1.165) is 67.5 Å². The number of H-pyrrole nitrogens is 2. The molecule has 0 radical (unpaired) electrons. The average molecular weight is 885 g/mol. The zero-order valence-electron chi connectivity index (χ0n) is 37.5. The number of aromatic nitrogens is 4. The quantitative estimate of drug-likeness (QED) is 0.0771. The summed E-state index contributed by atoms with van der Waals surface area (Å²) in [6, 6.07) is 21.7. The number of aromatic amines is 2. The summed E-state index contributed by atoms with van der Waals surface area (Å²) in [4.78, 5) is 61.2. The van der Waals surface area contributed by atoms with Crippen molar-refractivity contribution in [1.82, 2.24) is 40.4 Å². The molecule has 3 aliphatic rings. The minimum atomic E-state index is -1.32. The van der Waals surface area contributed by atoms with Crippen LogP contribution >= 0.6 is 0 Å². The summed E-state index contributed by atoms with van der Waals surface area (Å²) >= 11 is 0. The molecule has 5 N–H and O–H groups in total. The van der Waals surface area contributed by atoms with Crippen LogP contribution in [0.1, 0.15) is 74.5 Å². The van der Waals surface area contributed by atoms with Crippen LogP contribution in [0.15, 0.2) is 79.0 Å². The van der Waals surface area contributed by atoms with Gasteiger partial charge in [0, 0.05) is 44.2 Å². The fourth-order valence-corrected chi connectivity index (χ4v) is 9.83. The number of rotatable bonds is 13. The van der Waals surface area contributed by atoms with Crippen LogP contribution in [0.2, 0.25) is 0 Å². The average Bonchev–Trinajstić information content (AvgIpc) is 4.15. The Labute approximate surface area is 377 Å². The number of nitrogens with zero attached hydrogens (tertiary/aromatic N) is 4. The summed E-state index contributed by atoms with van der Waals surface area (Å²) in [6.45, 7) is 7.81. The Morgan fingerprint density at radius 2 is 1.69 bits per heavy atom. The Balaban J connectivity index is 0.972. The van der Waals surface area contributed by atoms with E-state index < -0.39 is 24.6 Å². The molecule has 4 aromatic carbocycles. The van der Waals surface area contributed by atoms with Crippen LogP contribution in [-0.2, 0) is 30.4 Å². The molecule has 16 nitrogen and oxygen atoms in total. The van der Waals surface area contributed by atoms with E-state index in [9.17, 15) is 19.5 Å². The first-order chi connectivity index (χ1) is 31.4. The van der Waals surface area contributed by atoms with Gasteiger partial charge in [0.15, 0.2) is 0 Å². The van der Waals surface area contributed by atoms with E-state index in [4.69, 9.17) is 28.9 Å². The number of nitrogens with one attached hydrogen (secondary N) is 4. The number of ether oxygens (including phenoxy) is 4. The number of fused-ring (bicyclic) bond motifs is 6. The maximum absolute atomic E-state index is 14.2. The first-order valence-corrected chi connectivity index (χ1v) is 22.2. The van der Waals surface area contributed by atoms with Gasteiger partial charge in [0.25, 0.3) is 0 Å². The Morgan fingerprint density at radius 3 is 2.45 bits per heavy atom. The molecule has 340 valence electrons. The minimum Gasteiger partial charge on any atom is -0.488 e. The molecule has 3 aliphatic heterocycles. The second kappa shape index (κ2) is 18.3. The lowest BCUT2D eigenvalue weighted by molar-refractivity contribution is -0.143. The fourth-order valence-electron chi connectivity index (χ4n) is 9.83. The van der Waals surface area contributed by atoms with Crippen molar-refractivity contribution in [2.24, 2.45) is 17.8 Å². The van der Waals surface area contributed by atoms with Crippen LogP contribution in [0.3, 0.4) is 0 Å². The molecule has 3 amide bonds. The standard InChI is InChI=1S/C49H56N8O8/c1-26(2)41(54-48(60)63-5)46(58)57-23-28(24-62-4)17-39(57)45-51-36-15-13-30-19-35-33-14-12-31(18-32(33)25-65-40(35)20-34(30)43(36)53-45)37-21-50-44(52-37)38-16-27(3)22-56(38)47(59)42(55-49(61)64-6)29-10-8-7-9-11-29/h7-15,18-21,26-28,38-39,41-42,49,55,61H,16-17,22-25H2,1-6H3,(H,50,52)(H,51,53)(H,54,60)/t27-,28-,38-,39-,41-,42+,49?/m0/s1. The van der Waals surface area contributed by atoms with Gasteiger partial charge in [0.1, 0.15) is 36.1 Å². The van der Waals surface area contributed by atoms with Crippen molar-refractivity contribution in [2.75, 3.05) is 41.0 Å². The second-order valence-corrected chi connectivity index (χ2v) is 17.9. The summed E-state index contributed by atoms with van der Waals surface area (Å²) in [5.74, 6) is 1.96. The molecule has 0 saturated carbocycles. The van der Waals surface area contributed by atoms with E-state index in [1.54, 1.807) is 7.11 Å². The topological polar surface area (TPSA) is 196 Å². The smallest absolute Gasteiger partial charge is 0.407 e. The van der Waals surface area contributed by atoms with Crippen LogP contribution in [0, 0.1) is 17.8 Å². The van der Waals surface area contributed by atoms with Gasteiger partial charge in [-0.25, -0.2) is 14.8 Å². The van der Waals surface area contributed by atoms with Crippen LogP contribution in [0.25, 0.3) is 44.2 Å². The molecule has 2 saturated heterocycles. The molecule has 16 heteroatoms. The maximum Gasteiger partial charge on any atom is 0.407 e. The van der Waals surface area contributed by atoms with Gasteiger partial charge in [-0.3, -0.25) is 14.9 Å². The highest BCUT2D eigenvalue weighted by Gasteiger charge is 2.42. The summed E-state index contributed by atoms with van der Waals surface area (Å²) in [6.07, 6.45) is 1.25. The minimum absolute atomic E-state index is 0.0947. The number of hydrogen-bond acceptors (Lipinski definition) is 11. The summed E-state index contributed by atoms with van der Waals surface area (Å²) in [5, 5.41) is 18.0. The molecule has 65 heavy (non-hydrogen) atoms. The van der Waals surface area contributed by atoms with Crippen LogP contribution in [0.5, 0.6) is 5.75 Å². The third kappa shape index (κ3) is 8.54. The second-order valence-electron chi connectivity index (χ2n) is 17.9. The SMILES string of the molecule is COC[C@H]1C[C@@H](c2nc3ccc4cc5c(cc4c3[nH]2)OCc2cc(-c3cnc([C@@H]4C[C@H](C)CN4C(=O)[C@H](NC(O)OC)c4ccccc4)[nH]3)ccc2-5)N(C(=O)[C@@H](NC(=O)OC)C(C)C)C1. The number of aliphatic hydroxyl groups excluding tert-OH is 1. The number of likely N-dealkylation sites (tertiary alicyclic amines) is 2. The molecule has 0 aliphatic carbocycles. The van der Waals surface area contributed by atoms with E-state index in [0.29, 0.717) is 44.4 Å². The van der Waals surface area contributed by atoms with Crippen molar-refractivity contribution < 1.29 is 38.4 Å². The zero-order valence-corrected chi connectivity index (χ0v) is 37.5. The first-order valence-electron chi connectivity index (χ1n) is 22.2. The van der Waals surface area contributed by atoms with Gasteiger partial charge >= 0.3 is 6.09 Å². The van der Waals surface area contributed by atoms with Crippen molar-refractivity contribution in [3.05, 3.63) is 102 Å². The summed E-state index contributed by atoms with van der Waals surface area (Å²) < 4.78 is 21.9. The van der Waals surface area contributed by atoms with Crippen molar-refractivity contribution >= 4 is 39.7 Å². The number of aliphatic hydroxyl groups is 1. The van der Waals surface area contributed by atoms with Gasteiger partial charge in [0.2, 0.25) is 18.2 Å². The monoisotopic (exact) mass is 884 g/mol. The highest BCUT2D eigenvalue weighted by atomic mass is 16.6. The molecule has 1 unspecified atom stereocenters. The molecular formula is C49H56N8O8. The van der Waals surface area contributed by atoms with Gasteiger partial charge in [-0.05, 0) is 76.6 Å². The highest BCUT2D eigenvalue weighted by Crippen LogP contribution is 2.44. The van der Waals surface area contributed by atoms with Crippen LogP contribution in [0.4, 0.5) is 4.79 Å².